The van der Waals surface area contributed by atoms with Gasteiger partial charge in [-0.1, -0.05) is 13.8 Å². The molecule has 2 aromatic rings. The number of nitriles is 1. The molecule has 4 heteroatoms. The SMILES string of the molecule is COCc1nc2cc(C#N)ccc2n1CC(C)C. The predicted molar refractivity (Wildman–Crippen MR) is 70.0 cm³/mol. The molecule has 0 unspecified atom stereocenters. The lowest BCUT2D eigenvalue weighted by Gasteiger charge is -2.11. The van der Waals surface area contributed by atoms with Crippen molar-refractivity contribution in [3.8, 4) is 6.07 Å². The molecule has 1 aromatic heterocycles. The highest BCUT2D eigenvalue weighted by molar-refractivity contribution is 5.77. The third kappa shape index (κ3) is 2.36. The smallest absolute Gasteiger partial charge is 0.135 e. The van der Waals surface area contributed by atoms with Gasteiger partial charge in [0.1, 0.15) is 12.4 Å². The first-order chi connectivity index (χ1) is 8.65. The largest absolute Gasteiger partial charge is 0.377 e. The second-order valence-electron chi connectivity index (χ2n) is 4.78. The molecule has 0 spiro atoms. The quantitative estimate of drug-likeness (QED) is 0.829. The number of hydrogen-bond acceptors (Lipinski definition) is 3. The standard InChI is InChI=1S/C14H17N3O/c1-10(2)8-17-13-5-4-11(7-15)6-12(13)16-14(17)9-18-3/h4-6,10H,8-9H2,1-3H3. The minimum absolute atomic E-state index is 0.489. The molecule has 0 aliphatic carbocycles. The van der Waals surface area contributed by atoms with Gasteiger partial charge in [0.05, 0.1) is 22.7 Å². The molecule has 1 heterocycles. The summed E-state index contributed by atoms with van der Waals surface area (Å²) in [6, 6.07) is 7.76. The Balaban J connectivity index is 2.56. The average molecular weight is 243 g/mol. The Bertz CT molecular complexity index is 593. The molecule has 0 amide bonds. The van der Waals surface area contributed by atoms with Crippen molar-refractivity contribution < 1.29 is 4.74 Å². The molecule has 0 saturated heterocycles. The van der Waals surface area contributed by atoms with Crippen LogP contribution in [0.5, 0.6) is 0 Å². The highest BCUT2D eigenvalue weighted by atomic mass is 16.5. The van der Waals surface area contributed by atoms with Gasteiger partial charge in [-0.3, -0.25) is 0 Å². The van der Waals surface area contributed by atoms with Gasteiger partial charge in [-0.2, -0.15) is 5.26 Å². The van der Waals surface area contributed by atoms with E-state index in [0.717, 1.165) is 23.4 Å². The van der Waals surface area contributed by atoms with Crippen LogP contribution in [0.25, 0.3) is 11.0 Å². The summed E-state index contributed by atoms with van der Waals surface area (Å²) in [7, 11) is 1.67. The highest BCUT2D eigenvalue weighted by Crippen LogP contribution is 2.19. The lowest BCUT2D eigenvalue weighted by atomic mass is 10.2. The molecule has 0 N–H and O–H groups in total. The number of hydrogen-bond donors (Lipinski definition) is 0. The van der Waals surface area contributed by atoms with Crippen LogP contribution in [0.4, 0.5) is 0 Å². The topological polar surface area (TPSA) is 50.8 Å². The summed E-state index contributed by atoms with van der Waals surface area (Å²) < 4.78 is 7.36. The molecule has 94 valence electrons. The maximum absolute atomic E-state index is 8.91. The van der Waals surface area contributed by atoms with Gasteiger partial charge in [0.25, 0.3) is 0 Å². The van der Waals surface area contributed by atoms with Gasteiger partial charge in [-0.05, 0) is 24.1 Å². The molecule has 1 aromatic carbocycles. The number of nitrogens with zero attached hydrogens (tertiary/aromatic N) is 3. The van der Waals surface area contributed by atoms with Gasteiger partial charge in [-0.15, -0.1) is 0 Å². The first-order valence-electron chi connectivity index (χ1n) is 6.04. The lowest BCUT2D eigenvalue weighted by Crippen LogP contribution is -2.09. The minimum atomic E-state index is 0.489. The fraction of sp³-hybridized carbons (Fsp3) is 0.429. The van der Waals surface area contributed by atoms with Crippen molar-refractivity contribution in [2.75, 3.05) is 7.11 Å². The van der Waals surface area contributed by atoms with Crippen molar-refractivity contribution in [2.45, 2.75) is 27.0 Å². The van der Waals surface area contributed by atoms with E-state index in [1.807, 2.05) is 18.2 Å². The Morgan fingerprint density at radius 3 is 2.83 bits per heavy atom. The Kier molecular flexibility index (Phi) is 3.63. The van der Waals surface area contributed by atoms with E-state index in [1.54, 1.807) is 7.11 Å². The second kappa shape index (κ2) is 5.19. The van der Waals surface area contributed by atoms with E-state index in [-0.39, 0.29) is 0 Å². The number of aromatic nitrogens is 2. The molecule has 0 atom stereocenters. The van der Waals surface area contributed by atoms with Crippen molar-refractivity contribution in [1.29, 1.82) is 5.26 Å². The summed E-state index contributed by atoms with van der Waals surface area (Å²) in [6.45, 7) is 5.74. The van der Waals surface area contributed by atoms with E-state index in [1.165, 1.54) is 0 Å². The zero-order chi connectivity index (χ0) is 13.1. The van der Waals surface area contributed by atoms with Gasteiger partial charge in [0.2, 0.25) is 0 Å². The van der Waals surface area contributed by atoms with Crippen LogP contribution < -0.4 is 0 Å². The average Bonchev–Trinajstić information content (AvgIpc) is 2.66. The van der Waals surface area contributed by atoms with E-state index in [2.05, 4.69) is 29.5 Å². The van der Waals surface area contributed by atoms with Gasteiger partial charge < -0.3 is 9.30 Å². The van der Waals surface area contributed by atoms with Crippen molar-refractivity contribution >= 4 is 11.0 Å². The van der Waals surface area contributed by atoms with Gasteiger partial charge >= 0.3 is 0 Å². The van der Waals surface area contributed by atoms with E-state index < -0.39 is 0 Å². The summed E-state index contributed by atoms with van der Waals surface area (Å²) in [4.78, 5) is 4.55. The van der Waals surface area contributed by atoms with Crippen LogP contribution in [-0.2, 0) is 17.9 Å². The summed E-state index contributed by atoms with van der Waals surface area (Å²) in [5.41, 5.74) is 2.57. The Labute approximate surface area is 107 Å². The maximum Gasteiger partial charge on any atom is 0.135 e. The van der Waals surface area contributed by atoms with Crippen molar-refractivity contribution in [1.82, 2.24) is 9.55 Å². The summed E-state index contributed by atoms with van der Waals surface area (Å²) >= 11 is 0. The summed E-state index contributed by atoms with van der Waals surface area (Å²) in [5, 5.41) is 8.91. The number of ether oxygens (including phenoxy) is 1. The van der Waals surface area contributed by atoms with Crippen LogP contribution >= 0.6 is 0 Å². The summed E-state index contributed by atoms with van der Waals surface area (Å²) in [5.74, 6) is 1.45. The Morgan fingerprint density at radius 2 is 2.22 bits per heavy atom. The maximum atomic E-state index is 8.91. The Morgan fingerprint density at radius 1 is 1.44 bits per heavy atom. The third-order valence-electron chi connectivity index (χ3n) is 2.78. The van der Waals surface area contributed by atoms with Crippen LogP contribution in [0.3, 0.4) is 0 Å². The summed E-state index contributed by atoms with van der Waals surface area (Å²) in [6.07, 6.45) is 0. The first-order valence-corrected chi connectivity index (χ1v) is 6.04. The monoisotopic (exact) mass is 243 g/mol. The molecule has 0 saturated carbocycles. The van der Waals surface area contributed by atoms with E-state index in [9.17, 15) is 0 Å². The molecule has 0 aliphatic rings. The molecule has 18 heavy (non-hydrogen) atoms. The van der Waals surface area contributed by atoms with Gasteiger partial charge in [0.15, 0.2) is 0 Å². The number of rotatable bonds is 4. The van der Waals surface area contributed by atoms with Gasteiger partial charge in [0, 0.05) is 13.7 Å². The van der Waals surface area contributed by atoms with Crippen LogP contribution in [0.1, 0.15) is 25.2 Å². The molecule has 2 rings (SSSR count). The molecule has 0 radical (unpaired) electrons. The van der Waals surface area contributed by atoms with Crippen LogP contribution in [0.2, 0.25) is 0 Å². The Hall–Kier alpha value is -1.86. The van der Waals surface area contributed by atoms with Crippen LogP contribution in [0.15, 0.2) is 18.2 Å². The second-order valence-corrected chi connectivity index (χ2v) is 4.78. The lowest BCUT2D eigenvalue weighted by molar-refractivity contribution is 0.174. The van der Waals surface area contributed by atoms with Crippen LogP contribution in [0, 0.1) is 17.2 Å². The zero-order valence-corrected chi connectivity index (χ0v) is 11.0. The molecule has 0 fully saturated rings. The van der Waals surface area contributed by atoms with Crippen LogP contribution in [-0.4, -0.2) is 16.7 Å². The van der Waals surface area contributed by atoms with Crippen molar-refractivity contribution in [3.05, 3.63) is 29.6 Å². The number of benzene rings is 1. The molecular weight excluding hydrogens is 226 g/mol. The normalized spacial score (nSPS) is 11.1. The zero-order valence-electron chi connectivity index (χ0n) is 11.0. The first kappa shape index (κ1) is 12.6. The van der Waals surface area contributed by atoms with Crippen molar-refractivity contribution in [3.63, 3.8) is 0 Å². The van der Waals surface area contributed by atoms with Gasteiger partial charge in [-0.25, -0.2) is 4.98 Å². The fourth-order valence-corrected chi connectivity index (χ4v) is 2.06. The van der Waals surface area contributed by atoms with Crippen molar-refractivity contribution in [2.24, 2.45) is 5.92 Å². The fourth-order valence-electron chi connectivity index (χ4n) is 2.06. The number of methoxy groups -OCH3 is 1. The minimum Gasteiger partial charge on any atom is -0.377 e. The van der Waals surface area contributed by atoms with E-state index in [0.29, 0.717) is 18.1 Å². The molecular formula is C14H17N3O. The molecule has 0 bridgehead atoms. The predicted octanol–water partition coefficient (Wildman–Crippen LogP) is 2.71. The van der Waals surface area contributed by atoms with E-state index in [4.69, 9.17) is 10.00 Å². The molecule has 4 nitrogen and oxygen atoms in total. The van der Waals surface area contributed by atoms with E-state index >= 15 is 0 Å². The number of imidazole rings is 1. The highest BCUT2D eigenvalue weighted by Gasteiger charge is 2.12. The molecule has 0 aliphatic heterocycles. The number of fused-ring (bicyclic) bond motifs is 1. The third-order valence-corrected chi connectivity index (χ3v) is 2.78.